The highest BCUT2D eigenvalue weighted by molar-refractivity contribution is 5.45. The van der Waals surface area contributed by atoms with E-state index in [1.54, 1.807) is 0 Å². The van der Waals surface area contributed by atoms with Gasteiger partial charge in [0, 0.05) is 23.9 Å². The second-order valence-corrected chi connectivity index (χ2v) is 4.02. The van der Waals surface area contributed by atoms with Crippen LogP contribution in [0.3, 0.4) is 0 Å². The van der Waals surface area contributed by atoms with Gasteiger partial charge >= 0.3 is 0 Å². The van der Waals surface area contributed by atoms with Crippen molar-refractivity contribution in [1.82, 2.24) is 0 Å². The molecular weight excluding hydrogens is 203 g/mol. The maximum Gasteiger partial charge on any atom is 0.194 e. The Balaban J connectivity index is 2.14. The monoisotopic (exact) mass is 215 g/mol. The minimum atomic E-state index is -1.42. The largest absolute Gasteiger partial charge is 0.382 e. The van der Waals surface area contributed by atoms with Gasteiger partial charge in [0.2, 0.25) is 0 Å². The Hall–Kier alpha value is -1.19. The van der Waals surface area contributed by atoms with Crippen LogP contribution in [0, 0.1) is 23.4 Å². The van der Waals surface area contributed by atoms with E-state index in [4.69, 9.17) is 0 Å². The molecule has 1 fully saturated rings. The second kappa shape index (κ2) is 3.76. The molecular formula is C11H12F3N. The number of anilines is 1. The maximum absolute atomic E-state index is 12.9. The van der Waals surface area contributed by atoms with Crippen LogP contribution < -0.4 is 5.32 Å². The summed E-state index contributed by atoms with van der Waals surface area (Å²) < 4.78 is 38.3. The molecule has 1 atom stereocenters. The third-order valence-electron chi connectivity index (χ3n) is 2.71. The first-order valence-corrected chi connectivity index (χ1v) is 4.99. The van der Waals surface area contributed by atoms with Crippen molar-refractivity contribution >= 4 is 5.69 Å². The average Bonchev–Trinajstić information content (AvgIpc) is 2.96. The number of halogens is 3. The first-order valence-electron chi connectivity index (χ1n) is 4.99. The highest BCUT2D eigenvalue weighted by atomic mass is 19.2. The van der Waals surface area contributed by atoms with Crippen molar-refractivity contribution in [2.75, 3.05) is 5.32 Å². The predicted octanol–water partition coefficient (Wildman–Crippen LogP) is 3.31. The molecule has 0 heterocycles. The van der Waals surface area contributed by atoms with Gasteiger partial charge in [-0.1, -0.05) is 0 Å². The molecule has 1 aliphatic carbocycles. The molecule has 1 N–H and O–H groups in total. The zero-order valence-corrected chi connectivity index (χ0v) is 8.36. The molecule has 1 aromatic rings. The normalized spacial score (nSPS) is 17.6. The van der Waals surface area contributed by atoms with Gasteiger partial charge in [-0.05, 0) is 25.7 Å². The fourth-order valence-corrected chi connectivity index (χ4v) is 1.62. The van der Waals surface area contributed by atoms with Crippen LogP contribution in [-0.4, -0.2) is 6.04 Å². The summed E-state index contributed by atoms with van der Waals surface area (Å²) in [5, 5.41) is 2.97. The molecule has 0 spiro atoms. The highest BCUT2D eigenvalue weighted by Crippen LogP contribution is 2.34. The molecule has 0 aromatic heterocycles. The van der Waals surface area contributed by atoms with Crippen LogP contribution in [0.5, 0.6) is 0 Å². The summed E-state index contributed by atoms with van der Waals surface area (Å²) in [7, 11) is 0. The van der Waals surface area contributed by atoms with E-state index in [1.165, 1.54) is 0 Å². The SMILES string of the molecule is CC(Nc1cc(F)c(F)c(F)c1)C1CC1. The Labute approximate surface area is 86.3 Å². The van der Waals surface area contributed by atoms with Gasteiger partial charge in [0.05, 0.1) is 0 Å². The fourth-order valence-electron chi connectivity index (χ4n) is 1.62. The van der Waals surface area contributed by atoms with Gasteiger partial charge in [-0.15, -0.1) is 0 Å². The van der Waals surface area contributed by atoms with Crippen LogP contribution in [0.1, 0.15) is 19.8 Å². The van der Waals surface area contributed by atoms with Crippen LogP contribution in [0.25, 0.3) is 0 Å². The number of hydrogen-bond donors (Lipinski definition) is 1. The lowest BCUT2D eigenvalue weighted by Crippen LogP contribution is -2.17. The van der Waals surface area contributed by atoms with Gasteiger partial charge in [-0.25, -0.2) is 13.2 Å². The van der Waals surface area contributed by atoms with E-state index in [0.29, 0.717) is 11.6 Å². The number of hydrogen-bond acceptors (Lipinski definition) is 1. The van der Waals surface area contributed by atoms with Gasteiger partial charge in [0.25, 0.3) is 0 Å². The van der Waals surface area contributed by atoms with Crippen LogP contribution in [-0.2, 0) is 0 Å². The van der Waals surface area contributed by atoms with Crippen LogP contribution in [0.4, 0.5) is 18.9 Å². The quantitative estimate of drug-likeness (QED) is 0.763. The summed E-state index contributed by atoms with van der Waals surface area (Å²) in [6, 6.07) is 2.14. The zero-order valence-electron chi connectivity index (χ0n) is 8.36. The highest BCUT2D eigenvalue weighted by Gasteiger charge is 2.28. The third-order valence-corrected chi connectivity index (χ3v) is 2.71. The summed E-state index contributed by atoms with van der Waals surface area (Å²) in [6.07, 6.45) is 2.28. The standard InChI is InChI=1S/C11H12F3N/c1-6(7-2-3-7)15-8-4-9(12)11(14)10(13)5-8/h4-7,15H,2-3H2,1H3. The van der Waals surface area contributed by atoms with Crippen molar-refractivity contribution in [1.29, 1.82) is 0 Å². The Bertz CT molecular complexity index is 351. The van der Waals surface area contributed by atoms with Gasteiger partial charge in [0.15, 0.2) is 17.5 Å². The maximum atomic E-state index is 12.9. The summed E-state index contributed by atoms with van der Waals surface area (Å²) in [6.45, 7) is 1.96. The summed E-state index contributed by atoms with van der Waals surface area (Å²) >= 11 is 0. The molecule has 0 bridgehead atoms. The molecule has 82 valence electrons. The molecule has 1 saturated carbocycles. The Morgan fingerprint density at radius 2 is 1.73 bits per heavy atom. The third kappa shape index (κ3) is 2.25. The first-order chi connectivity index (χ1) is 7.08. The van der Waals surface area contributed by atoms with E-state index < -0.39 is 17.5 Å². The number of nitrogens with one attached hydrogen (secondary N) is 1. The van der Waals surface area contributed by atoms with Crippen molar-refractivity contribution in [3.63, 3.8) is 0 Å². The fraction of sp³-hybridized carbons (Fsp3) is 0.455. The lowest BCUT2D eigenvalue weighted by Gasteiger charge is -2.14. The summed E-state index contributed by atoms with van der Waals surface area (Å²) in [5.74, 6) is -3.15. The molecule has 1 aliphatic rings. The van der Waals surface area contributed by atoms with Crippen molar-refractivity contribution in [3.8, 4) is 0 Å². The molecule has 4 heteroatoms. The van der Waals surface area contributed by atoms with Gasteiger partial charge in [-0.2, -0.15) is 0 Å². The van der Waals surface area contributed by atoms with E-state index >= 15 is 0 Å². The van der Waals surface area contributed by atoms with Crippen molar-refractivity contribution < 1.29 is 13.2 Å². The Morgan fingerprint density at radius 3 is 2.20 bits per heavy atom. The van der Waals surface area contributed by atoms with Crippen LogP contribution >= 0.6 is 0 Å². The molecule has 2 rings (SSSR count). The van der Waals surface area contributed by atoms with Gasteiger partial charge in [0.1, 0.15) is 0 Å². The van der Waals surface area contributed by atoms with Crippen molar-refractivity contribution in [3.05, 3.63) is 29.6 Å². The molecule has 15 heavy (non-hydrogen) atoms. The van der Waals surface area contributed by atoms with E-state index in [2.05, 4.69) is 5.32 Å². The number of benzene rings is 1. The predicted molar refractivity (Wildman–Crippen MR) is 52.1 cm³/mol. The van der Waals surface area contributed by atoms with Crippen molar-refractivity contribution in [2.45, 2.75) is 25.8 Å². The molecule has 1 aromatic carbocycles. The lowest BCUT2D eigenvalue weighted by atomic mass is 10.2. The zero-order chi connectivity index (χ0) is 11.0. The molecule has 0 radical (unpaired) electrons. The first kappa shape index (κ1) is 10.3. The minimum absolute atomic E-state index is 0.175. The smallest absolute Gasteiger partial charge is 0.194 e. The molecule has 0 saturated heterocycles. The average molecular weight is 215 g/mol. The molecule has 1 unspecified atom stereocenters. The van der Waals surface area contributed by atoms with Gasteiger partial charge < -0.3 is 5.32 Å². The molecule has 0 amide bonds. The summed E-state index contributed by atoms with van der Waals surface area (Å²) in [4.78, 5) is 0. The second-order valence-electron chi connectivity index (χ2n) is 4.02. The topological polar surface area (TPSA) is 12.0 Å². The van der Waals surface area contributed by atoms with E-state index in [9.17, 15) is 13.2 Å². The van der Waals surface area contributed by atoms with E-state index in [0.717, 1.165) is 25.0 Å². The molecule has 0 aliphatic heterocycles. The van der Waals surface area contributed by atoms with E-state index in [-0.39, 0.29) is 6.04 Å². The van der Waals surface area contributed by atoms with Crippen LogP contribution in [0.2, 0.25) is 0 Å². The Kier molecular flexibility index (Phi) is 2.59. The molecule has 1 nitrogen and oxygen atoms in total. The van der Waals surface area contributed by atoms with Crippen molar-refractivity contribution in [2.24, 2.45) is 5.92 Å². The lowest BCUT2D eigenvalue weighted by molar-refractivity contribution is 0.447. The van der Waals surface area contributed by atoms with Crippen LogP contribution in [0.15, 0.2) is 12.1 Å². The van der Waals surface area contributed by atoms with E-state index in [1.807, 2.05) is 6.92 Å². The number of rotatable bonds is 3. The minimum Gasteiger partial charge on any atom is -0.382 e. The van der Waals surface area contributed by atoms with Gasteiger partial charge in [-0.3, -0.25) is 0 Å². The summed E-state index contributed by atoms with van der Waals surface area (Å²) in [5.41, 5.74) is 0.297. The Morgan fingerprint density at radius 1 is 1.20 bits per heavy atom.